The lowest BCUT2D eigenvalue weighted by Crippen LogP contribution is -2.45. The number of alkyl carbamates (subject to hydrolysis) is 1. The minimum atomic E-state index is -0.794. The summed E-state index contributed by atoms with van der Waals surface area (Å²) in [7, 11) is 1.28. The third kappa shape index (κ3) is 5.69. The number of pyridine rings is 1. The SMILES string of the molecule is COC(=O)[C@@H](Cc1ccncc1)NC(=O)OC(C)(C)C. The number of nitrogens with one attached hydrogen (secondary N) is 1. The number of methoxy groups -OCH3 is 1. The van der Waals surface area contributed by atoms with E-state index in [9.17, 15) is 9.59 Å². The van der Waals surface area contributed by atoms with Crippen molar-refractivity contribution in [2.75, 3.05) is 7.11 Å². The molecule has 0 aliphatic carbocycles. The van der Waals surface area contributed by atoms with Crippen molar-refractivity contribution < 1.29 is 19.1 Å². The van der Waals surface area contributed by atoms with Gasteiger partial charge in [0.15, 0.2) is 0 Å². The van der Waals surface area contributed by atoms with Crippen LogP contribution in [0.25, 0.3) is 0 Å². The minimum absolute atomic E-state index is 0.314. The molecule has 0 aliphatic rings. The lowest BCUT2D eigenvalue weighted by atomic mass is 10.1. The summed E-state index contributed by atoms with van der Waals surface area (Å²) in [6.07, 6.45) is 2.91. The van der Waals surface area contributed by atoms with Crippen molar-refractivity contribution in [2.45, 2.75) is 38.8 Å². The van der Waals surface area contributed by atoms with E-state index in [0.717, 1.165) is 5.56 Å². The Labute approximate surface area is 118 Å². The molecule has 0 fully saturated rings. The van der Waals surface area contributed by atoms with Gasteiger partial charge in [-0.25, -0.2) is 9.59 Å². The maximum Gasteiger partial charge on any atom is 0.408 e. The summed E-state index contributed by atoms with van der Waals surface area (Å²) < 4.78 is 9.82. The molecule has 110 valence electrons. The predicted molar refractivity (Wildman–Crippen MR) is 73.1 cm³/mol. The molecule has 1 aromatic rings. The van der Waals surface area contributed by atoms with E-state index >= 15 is 0 Å². The Hall–Kier alpha value is -2.11. The Kier molecular flexibility index (Phi) is 5.49. The van der Waals surface area contributed by atoms with Crippen LogP contribution in [0.2, 0.25) is 0 Å². The molecule has 1 N–H and O–H groups in total. The van der Waals surface area contributed by atoms with Gasteiger partial charge in [0.2, 0.25) is 0 Å². The van der Waals surface area contributed by atoms with E-state index in [-0.39, 0.29) is 0 Å². The molecule has 20 heavy (non-hydrogen) atoms. The van der Waals surface area contributed by atoms with E-state index in [4.69, 9.17) is 9.47 Å². The Bertz CT molecular complexity index is 454. The van der Waals surface area contributed by atoms with E-state index < -0.39 is 23.7 Å². The van der Waals surface area contributed by atoms with Gasteiger partial charge >= 0.3 is 12.1 Å². The third-order valence-electron chi connectivity index (χ3n) is 2.37. The summed E-state index contributed by atoms with van der Waals surface area (Å²) >= 11 is 0. The van der Waals surface area contributed by atoms with Gasteiger partial charge in [0, 0.05) is 18.8 Å². The van der Waals surface area contributed by atoms with Crippen LogP contribution >= 0.6 is 0 Å². The molecule has 1 rings (SSSR count). The summed E-state index contributed by atoms with van der Waals surface area (Å²) in [5.41, 5.74) is 0.243. The highest BCUT2D eigenvalue weighted by atomic mass is 16.6. The van der Waals surface area contributed by atoms with Crippen LogP contribution in [0.1, 0.15) is 26.3 Å². The largest absolute Gasteiger partial charge is 0.467 e. The van der Waals surface area contributed by atoms with Crippen LogP contribution < -0.4 is 5.32 Å². The third-order valence-corrected chi connectivity index (χ3v) is 2.37. The first-order valence-corrected chi connectivity index (χ1v) is 6.28. The molecule has 0 aliphatic heterocycles. The monoisotopic (exact) mass is 280 g/mol. The normalized spacial score (nSPS) is 12.4. The molecule has 0 radical (unpaired) electrons. The number of carbonyl (C=O) groups excluding carboxylic acids is 2. The molecule has 0 aromatic carbocycles. The van der Waals surface area contributed by atoms with Gasteiger partial charge in [0.1, 0.15) is 11.6 Å². The van der Waals surface area contributed by atoms with Crippen molar-refractivity contribution in [1.82, 2.24) is 10.3 Å². The average Bonchev–Trinajstić information content (AvgIpc) is 2.36. The first-order chi connectivity index (χ1) is 9.31. The highest BCUT2D eigenvalue weighted by Gasteiger charge is 2.25. The van der Waals surface area contributed by atoms with Crippen LogP contribution in [0.5, 0.6) is 0 Å². The van der Waals surface area contributed by atoms with E-state index in [0.29, 0.717) is 6.42 Å². The first kappa shape index (κ1) is 15.9. The molecule has 1 atom stereocenters. The summed E-state index contributed by atoms with van der Waals surface area (Å²) in [6, 6.07) is 2.75. The molecule has 0 saturated heterocycles. The van der Waals surface area contributed by atoms with Crippen LogP contribution in [0, 0.1) is 0 Å². The molecule has 6 heteroatoms. The standard InChI is InChI=1S/C14H20N2O4/c1-14(2,3)20-13(18)16-11(12(17)19-4)9-10-5-7-15-8-6-10/h5-8,11H,9H2,1-4H3,(H,16,18)/t11-/m1/s1. The number of hydrogen-bond acceptors (Lipinski definition) is 5. The van der Waals surface area contributed by atoms with Gasteiger partial charge in [-0.2, -0.15) is 0 Å². The molecule has 6 nitrogen and oxygen atoms in total. The Morgan fingerprint density at radius 1 is 1.30 bits per heavy atom. The molecule has 0 unspecified atom stereocenters. The topological polar surface area (TPSA) is 77.5 Å². The second-order valence-electron chi connectivity index (χ2n) is 5.28. The smallest absolute Gasteiger partial charge is 0.408 e. The number of rotatable bonds is 4. The van der Waals surface area contributed by atoms with Gasteiger partial charge in [-0.05, 0) is 38.5 Å². The fraction of sp³-hybridized carbons (Fsp3) is 0.500. The van der Waals surface area contributed by atoms with E-state index in [1.165, 1.54) is 7.11 Å². The predicted octanol–water partition coefficient (Wildman–Crippen LogP) is 1.69. The summed E-state index contributed by atoms with van der Waals surface area (Å²) in [6.45, 7) is 5.26. The molecular formula is C14H20N2O4. The molecule has 1 heterocycles. The van der Waals surface area contributed by atoms with Crippen molar-refractivity contribution in [3.63, 3.8) is 0 Å². The number of aromatic nitrogens is 1. The number of ether oxygens (including phenoxy) is 2. The minimum Gasteiger partial charge on any atom is -0.467 e. The van der Waals surface area contributed by atoms with Crippen molar-refractivity contribution in [2.24, 2.45) is 0 Å². The molecule has 1 aromatic heterocycles. The summed E-state index contributed by atoms with van der Waals surface area (Å²) in [4.78, 5) is 27.3. The number of nitrogens with zero attached hydrogens (tertiary/aromatic N) is 1. The Morgan fingerprint density at radius 3 is 2.40 bits per heavy atom. The lowest BCUT2D eigenvalue weighted by molar-refractivity contribution is -0.143. The van der Waals surface area contributed by atoms with Crippen LogP contribution in [0.15, 0.2) is 24.5 Å². The van der Waals surface area contributed by atoms with E-state index in [1.807, 2.05) is 0 Å². The van der Waals surface area contributed by atoms with Crippen LogP contribution in [0.3, 0.4) is 0 Å². The van der Waals surface area contributed by atoms with Crippen molar-refractivity contribution >= 4 is 12.1 Å². The van der Waals surface area contributed by atoms with E-state index in [2.05, 4.69) is 10.3 Å². The van der Waals surface area contributed by atoms with Crippen LogP contribution in [0.4, 0.5) is 4.79 Å². The maximum atomic E-state index is 11.7. The zero-order chi connectivity index (χ0) is 15.2. The highest BCUT2D eigenvalue weighted by molar-refractivity contribution is 5.81. The Balaban J connectivity index is 2.70. The number of esters is 1. The van der Waals surface area contributed by atoms with Crippen molar-refractivity contribution in [1.29, 1.82) is 0 Å². The fourth-order valence-electron chi connectivity index (χ4n) is 1.54. The van der Waals surface area contributed by atoms with Gasteiger partial charge in [0.25, 0.3) is 0 Å². The quantitative estimate of drug-likeness (QED) is 0.849. The number of amides is 1. The van der Waals surface area contributed by atoms with Gasteiger partial charge in [-0.15, -0.1) is 0 Å². The summed E-state index contributed by atoms with van der Waals surface area (Å²) in [5, 5.41) is 2.52. The Morgan fingerprint density at radius 2 is 1.90 bits per heavy atom. The first-order valence-electron chi connectivity index (χ1n) is 6.28. The zero-order valence-corrected chi connectivity index (χ0v) is 12.2. The second kappa shape index (κ2) is 6.88. The molecular weight excluding hydrogens is 260 g/mol. The summed E-state index contributed by atoms with van der Waals surface area (Å²) in [5.74, 6) is -0.521. The van der Waals surface area contributed by atoms with E-state index in [1.54, 1.807) is 45.3 Å². The van der Waals surface area contributed by atoms with Gasteiger partial charge in [-0.3, -0.25) is 4.98 Å². The second-order valence-corrected chi connectivity index (χ2v) is 5.28. The molecule has 0 saturated carbocycles. The maximum absolute atomic E-state index is 11.7. The van der Waals surface area contributed by atoms with Crippen molar-refractivity contribution in [3.8, 4) is 0 Å². The number of hydrogen-bond donors (Lipinski definition) is 1. The molecule has 0 bridgehead atoms. The van der Waals surface area contributed by atoms with Gasteiger partial charge < -0.3 is 14.8 Å². The van der Waals surface area contributed by atoms with Crippen LogP contribution in [-0.2, 0) is 20.7 Å². The lowest BCUT2D eigenvalue weighted by Gasteiger charge is -2.22. The van der Waals surface area contributed by atoms with Crippen molar-refractivity contribution in [3.05, 3.63) is 30.1 Å². The zero-order valence-electron chi connectivity index (χ0n) is 12.2. The molecule has 0 spiro atoms. The van der Waals surface area contributed by atoms with Crippen LogP contribution in [-0.4, -0.2) is 35.8 Å². The molecule has 1 amide bonds. The van der Waals surface area contributed by atoms with Gasteiger partial charge in [0.05, 0.1) is 7.11 Å². The van der Waals surface area contributed by atoms with Gasteiger partial charge in [-0.1, -0.05) is 0 Å². The number of carbonyl (C=O) groups is 2. The fourth-order valence-corrected chi connectivity index (χ4v) is 1.54. The average molecular weight is 280 g/mol. The highest BCUT2D eigenvalue weighted by Crippen LogP contribution is 2.08.